The van der Waals surface area contributed by atoms with Crippen LogP contribution in [-0.4, -0.2) is 9.97 Å². The van der Waals surface area contributed by atoms with Crippen LogP contribution in [0.2, 0.25) is 0 Å². The van der Waals surface area contributed by atoms with Gasteiger partial charge in [-0.3, -0.25) is 4.98 Å². The average molecular weight is 205 g/mol. The molecule has 0 atom stereocenters. The minimum absolute atomic E-state index is 0.605. The molecule has 2 rings (SSSR count). The van der Waals surface area contributed by atoms with Crippen LogP contribution in [0.5, 0.6) is 0 Å². The van der Waals surface area contributed by atoms with Gasteiger partial charge in [-0.05, 0) is 26.0 Å². The second kappa shape index (κ2) is 3.38. The van der Waals surface area contributed by atoms with E-state index in [-0.39, 0.29) is 0 Å². The SMILES string of the molecule is Cc1cccc(-c2nc(N)c(C)s2)n1. The van der Waals surface area contributed by atoms with Crippen molar-refractivity contribution < 1.29 is 0 Å². The number of nitrogens with two attached hydrogens (primary N) is 1. The Bertz CT molecular complexity index is 443. The predicted octanol–water partition coefficient (Wildman–Crippen LogP) is 2.40. The van der Waals surface area contributed by atoms with E-state index in [0.717, 1.165) is 21.3 Å². The minimum Gasteiger partial charge on any atom is -0.383 e. The molecule has 0 saturated carbocycles. The molecule has 0 radical (unpaired) electrons. The van der Waals surface area contributed by atoms with Crippen LogP contribution in [0.3, 0.4) is 0 Å². The largest absolute Gasteiger partial charge is 0.383 e. The van der Waals surface area contributed by atoms with Crippen LogP contribution >= 0.6 is 11.3 Å². The Morgan fingerprint density at radius 2 is 2.00 bits per heavy atom. The zero-order chi connectivity index (χ0) is 10.1. The number of hydrogen-bond acceptors (Lipinski definition) is 4. The van der Waals surface area contributed by atoms with Crippen LogP contribution < -0.4 is 5.73 Å². The lowest BCUT2D eigenvalue weighted by Crippen LogP contribution is -1.88. The van der Waals surface area contributed by atoms with Crippen LogP contribution in [0.4, 0.5) is 5.82 Å². The Labute approximate surface area is 86.6 Å². The summed E-state index contributed by atoms with van der Waals surface area (Å²) >= 11 is 1.58. The molecule has 0 unspecified atom stereocenters. The standard InChI is InChI=1S/C10H11N3S/c1-6-4-3-5-8(12-6)10-13-9(11)7(2)14-10/h3-5H,11H2,1-2H3. The fourth-order valence-electron chi connectivity index (χ4n) is 1.18. The van der Waals surface area contributed by atoms with Gasteiger partial charge in [0, 0.05) is 10.6 Å². The van der Waals surface area contributed by atoms with E-state index in [1.165, 1.54) is 0 Å². The van der Waals surface area contributed by atoms with Gasteiger partial charge in [0.2, 0.25) is 0 Å². The van der Waals surface area contributed by atoms with E-state index in [1.54, 1.807) is 11.3 Å². The van der Waals surface area contributed by atoms with Crippen molar-refractivity contribution in [1.29, 1.82) is 0 Å². The topological polar surface area (TPSA) is 51.8 Å². The van der Waals surface area contributed by atoms with Gasteiger partial charge in [-0.25, -0.2) is 4.98 Å². The molecular weight excluding hydrogens is 194 g/mol. The summed E-state index contributed by atoms with van der Waals surface area (Å²) in [6.45, 7) is 3.93. The van der Waals surface area contributed by atoms with Gasteiger partial charge < -0.3 is 5.73 Å². The monoisotopic (exact) mass is 205 g/mol. The van der Waals surface area contributed by atoms with E-state index >= 15 is 0 Å². The van der Waals surface area contributed by atoms with Gasteiger partial charge in [-0.15, -0.1) is 11.3 Å². The molecule has 0 aliphatic carbocycles. The van der Waals surface area contributed by atoms with Gasteiger partial charge in [0.25, 0.3) is 0 Å². The van der Waals surface area contributed by atoms with E-state index in [2.05, 4.69) is 9.97 Å². The second-order valence-electron chi connectivity index (χ2n) is 3.12. The van der Waals surface area contributed by atoms with Gasteiger partial charge >= 0.3 is 0 Å². The Morgan fingerprint density at radius 1 is 1.21 bits per heavy atom. The Hall–Kier alpha value is -1.42. The lowest BCUT2D eigenvalue weighted by molar-refractivity contribution is 1.19. The molecule has 2 aromatic heterocycles. The quantitative estimate of drug-likeness (QED) is 0.777. The lowest BCUT2D eigenvalue weighted by atomic mass is 10.3. The first-order valence-corrected chi connectivity index (χ1v) is 5.15. The number of hydrogen-bond donors (Lipinski definition) is 1. The number of nitrogen functional groups attached to an aromatic ring is 1. The zero-order valence-electron chi connectivity index (χ0n) is 8.11. The zero-order valence-corrected chi connectivity index (χ0v) is 8.93. The van der Waals surface area contributed by atoms with Crippen molar-refractivity contribution in [3.63, 3.8) is 0 Å². The van der Waals surface area contributed by atoms with E-state index in [4.69, 9.17) is 5.73 Å². The summed E-state index contributed by atoms with van der Waals surface area (Å²) in [5.74, 6) is 0.605. The molecule has 0 fully saturated rings. The van der Waals surface area contributed by atoms with E-state index in [1.807, 2.05) is 32.0 Å². The van der Waals surface area contributed by atoms with Gasteiger partial charge in [-0.1, -0.05) is 6.07 Å². The van der Waals surface area contributed by atoms with Gasteiger partial charge in [0.05, 0.1) is 5.69 Å². The number of aryl methyl sites for hydroxylation is 2. The average Bonchev–Trinajstić information content (AvgIpc) is 2.47. The fraction of sp³-hybridized carbons (Fsp3) is 0.200. The normalized spacial score (nSPS) is 10.4. The summed E-state index contributed by atoms with van der Waals surface area (Å²) < 4.78 is 0. The third-order valence-corrected chi connectivity index (χ3v) is 2.95. The van der Waals surface area contributed by atoms with Crippen molar-refractivity contribution in [1.82, 2.24) is 9.97 Å². The molecule has 4 heteroatoms. The van der Waals surface area contributed by atoms with Crippen molar-refractivity contribution in [2.24, 2.45) is 0 Å². The highest BCUT2D eigenvalue weighted by atomic mass is 32.1. The molecule has 0 aliphatic rings. The van der Waals surface area contributed by atoms with Crippen molar-refractivity contribution >= 4 is 17.2 Å². The van der Waals surface area contributed by atoms with Crippen molar-refractivity contribution in [3.05, 3.63) is 28.8 Å². The summed E-state index contributed by atoms with van der Waals surface area (Å²) in [6.07, 6.45) is 0. The van der Waals surface area contributed by atoms with E-state index in [0.29, 0.717) is 5.82 Å². The minimum atomic E-state index is 0.605. The smallest absolute Gasteiger partial charge is 0.144 e. The maximum absolute atomic E-state index is 5.69. The van der Waals surface area contributed by atoms with Gasteiger partial charge in [0.15, 0.2) is 0 Å². The van der Waals surface area contributed by atoms with E-state index in [9.17, 15) is 0 Å². The van der Waals surface area contributed by atoms with Gasteiger partial charge in [-0.2, -0.15) is 0 Å². The van der Waals surface area contributed by atoms with Crippen LogP contribution in [0, 0.1) is 13.8 Å². The molecular formula is C10H11N3S. The summed E-state index contributed by atoms with van der Waals surface area (Å²) in [5.41, 5.74) is 7.58. The molecule has 0 amide bonds. The van der Waals surface area contributed by atoms with Crippen LogP contribution in [0.15, 0.2) is 18.2 Å². The molecule has 3 nitrogen and oxygen atoms in total. The van der Waals surface area contributed by atoms with Crippen LogP contribution in [0.25, 0.3) is 10.7 Å². The first kappa shape index (κ1) is 9.15. The highest BCUT2D eigenvalue weighted by molar-refractivity contribution is 7.15. The first-order valence-electron chi connectivity index (χ1n) is 4.34. The molecule has 14 heavy (non-hydrogen) atoms. The van der Waals surface area contributed by atoms with E-state index < -0.39 is 0 Å². The predicted molar refractivity (Wildman–Crippen MR) is 59.2 cm³/mol. The fourth-order valence-corrected chi connectivity index (χ4v) is 1.98. The second-order valence-corrected chi connectivity index (χ2v) is 4.33. The van der Waals surface area contributed by atoms with Crippen molar-refractivity contribution in [2.45, 2.75) is 13.8 Å². The molecule has 72 valence electrons. The molecule has 0 saturated heterocycles. The Balaban J connectivity index is 2.49. The van der Waals surface area contributed by atoms with Crippen molar-refractivity contribution in [3.8, 4) is 10.7 Å². The Kier molecular flexibility index (Phi) is 2.21. The lowest BCUT2D eigenvalue weighted by Gasteiger charge is -1.95. The molecule has 2 aromatic rings. The molecule has 2 heterocycles. The molecule has 0 aliphatic heterocycles. The first-order chi connectivity index (χ1) is 6.66. The van der Waals surface area contributed by atoms with Crippen LogP contribution in [-0.2, 0) is 0 Å². The molecule has 0 spiro atoms. The highest BCUT2D eigenvalue weighted by Gasteiger charge is 2.07. The third kappa shape index (κ3) is 1.61. The number of pyridine rings is 1. The van der Waals surface area contributed by atoms with Crippen molar-refractivity contribution in [2.75, 3.05) is 5.73 Å². The van der Waals surface area contributed by atoms with Gasteiger partial charge in [0.1, 0.15) is 10.8 Å². The van der Waals surface area contributed by atoms with Crippen LogP contribution in [0.1, 0.15) is 10.6 Å². The number of thiazole rings is 1. The molecule has 0 aromatic carbocycles. The number of nitrogens with zero attached hydrogens (tertiary/aromatic N) is 2. The summed E-state index contributed by atoms with van der Waals surface area (Å²) in [5, 5.41) is 0.892. The highest BCUT2D eigenvalue weighted by Crippen LogP contribution is 2.27. The number of anilines is 1. The number of aromatic nitrogens is 2. The molecule has 2 N–H and O–H groups in total. The maximum atomic E-state index is 5.69. The Morgan fingerprint density at radius 3 is 2.57 bits per heavy atom. The number of rotatable bonds is 1. The summed E-state index contributed by atoms with van der Waals surface area (Å²) in [7, 11) is 0. The maximum Gasteiger partial charge on any atom is 0.144 e. The third-order valence-electron chi connectivity index (χ3n) is 1.94. The summed E-state index contributed by atoms with van der Waals surface area (Å²) in [6, 6.07) is 5.89. The summed E-state index contributed by atoms with van der Waals surface area (Å²) in [4.78, 5) is 9.69. The molecule has 0 bridgehead atoms.